The van der Waals surface area contributed by atoms with Gasteiger partial charge in [0, 0.05) is 63.1 Å². The van der Waals surface area contributed by atoms with Crippen molar-refractivity contribution < 1.29 is 9.53 Å². The number of rotatable bonds is 14. The summed E-state index contributed by atoms with van der Waals surface area (Å²) < 4.78 is 5.91. The van der Waals surface area contributed by atoms with E-state index in [0.717, 1.165) is 49.2 Å². The number of para-hydroxylation sites is 1. The number of nitrogens with zero attached hydrogens (tertiary/aromatic N) is 4. The standard InChI is InChI=1S/C38H49N9O2/c39-35-26-36(46-21-23-47(24-22-46)38(48)43-32-11-7-14-34(25-32)49-33-12-5-2-6-13-33)45-37(44-35)42-28-30-17-15-29(16-18-30)27-40-19-8-20-41-31-9-3-1-4-10-31/h2,5-7,11-18,25-26,31,40-41H,1,3-4,8-10,19-24,27-28H2,(H,43,48)(H3,39,42,44,45). The number of nitrogens with two attached hydrogens (primary N) is 1. The number of hydrogen-bond acceptors (Lipinski definition) is 9. The Labute approximate surface area is 289 Å². The van der Waals surface area contributed by atoms with Gasteiger partial charge >= 0.3 is 6.03 Å². The van der Waals surface area contributed by atoms with Crippen LogP contribution >= 0.6 is 0 Å². The second kappa shape index (κ2) is 17.5. The van der Waals surface area contributed by atoms with Crippen LogP contribution in [0, 0.1) is 0 Å². The fourth-order valence-corrected chi connectivity index (χ4v) is 6.31. The lowest BCUT2D eigenvalue weighted by molar-refractivity contribution is 0.208. The highest BCUT2D eigenvalue weighted by atomic mass is 16.5. The molecule has 2 fully saturated rings. The van der Waals surface area contributed by atoms with E-state index in [-0.39, 0.29) is 6.03 Å². The van der Waals surface area contributed by atoms with Crippen molar-refractivity contribution in [2.45, 2.75) is 57.7 Å². The number of nitrogens with one attached hydrogen (secondary N) is 4. The Kier molecular flexibility index (Phi) is 12.1. The van der Waals surface area contributed by atoms with Crippen LogP contribution in [0.1, 0.15) is 49.7 Å². The van der Waals surface area contributed by atoms with Crippen molar-refractivity contribution in [3.8, 4) is 11.5 Å². The first kappa shape index (κ1) is 34.0. The van der Waals surface area contributed by atoms with E-state index in [9.17, 15) is 4.79 Å². The smallest absolute Gasteiger partial charge is 0.321 e. The number of amides is 2. The van der Waals surface area contributed by atoms with Crippen LogP contribution in [0.5, 0.6) is 11.5 Å². The molecule has 1 saturated carbocycles. The van der Waals surface area contributed by atoms with Gasteiger partial charge in [0.25, 0.3) is 0 Å². The lowest BCUT2D eigenvalue weighted by Gasteiger charge is -2.35. The number of hydrogen-bond donors (Lipinski definition) is 5. The van der Waals surface area contributed by atoms with Crippen LogP contribution in [-0.4, -0.2) is 66.2 Å². The number of aromatic nitrogens is 2. The van der Waals surface area contributed by atoms with E-state index in [1.165, 1.54) is 37.7 Å². The first-order valence-corrected chi connectivity index (χ1v) is 17.6. The quantitative estimate of drug-likeness (QED) is 0.0998. The summed E-state index contributed by atoms with van der Waals surface area (Å²) in [5.74, 6) is 3.04. The number of urea groups is 1. The average molecular weight is 664 g/mol. The Hall–Kier alpha value is -4.87. The molecular weight excluding hydrogens is 614 g/mol. The van der Waals surface area contributed by atoms with Gasteiger partial charge in [-0.15, -0.1) is 0 Å². The molecule has 0 spiro atoms. The van der Waals surface area contributed by atoms with Crippen LogP contribution in [-0.2, 0) is 13.1 Å². The monoisotopic (exact) mass is 663 g/mol. The first-order valence-electron chi connectivity index (χ1n) is 17.6. The molecule has 3 aromatic carbocycles. The molecule has 11 nitrogen and oxygen atoms in total. The van der Waals surface area contributed by atoms with Crippen molar-refractivity contribution >= 4 is 29.3 Å². The van der Waals surface area contributed by atoms with Crippen LogP contribution in [0.3, 0.4) is 0 Å². The number of ether oxygens (including phenoxy) is 1. The Morgan fingerprint density at radius 1 is 0.796 bits per heavy atom. The molecule has 0 atom stereocenters. The predicted octanol–water partition coefficient (Wildman–Crippen LogP) is 6.22. The second-order valence-corrected chi connectivity index (χ2v) is 12.8. The maximum atomic E-state index is 13.1. The highest BCUT2D eigenvalue weighted by Crippen LogP contribution is 2.25. The lowest BCUT2D eigenvalue weighted by atomic mass is 9.95. The number of carbonyl (C=O) groups is 1. The van der Waals surface area contributed by atoms with Gasteiger partial charge in [0.1, 0.15) is 23.1 Å². The second-order valence-electron chi connectivity index (χ2n) is 12.8. The third-order valence-corrected chi connectivity index (χ3v) is 9.06. The molecule has 11 heteroatoms. The lowest BCUT2D eigenvalue weighted by Crippen LogP contribution is -2.50. The van der Waals surface area contributed by atoms with Crippen molar-refractivity contribution in [3.05, 3.63) is 96.1 Å². The van der Waals surface area contributed by atoms with Crippen LogP contribution in [0.25, 0.3) is 0 Å². The highest BCUT2D eigenvalue weighted by Gasteiger charge is 2.23. The first-order chi connectivity index (χ1) is 24.1. The fraction of sp³-hybridized carbons (Fsp3) is 0.395. The Morgan fingerprint density at radius 2 is 1.53 bits per heavy atom. The third kappa shape index (κ3) is 10.6. The molecule has 2 heterocycles. The van der Waals surface area contributed by atoms with E-state index in [1.54, 1.807) is 11.0 Å². The van der Waals surface area contributed by atoms with Crippen LogP contribution in [0.2, 0.25) is 0 Å². The molecule has 6 N–H and O–H groups in total. The SMILES string of the molecule is Nc1cc(N2CCN(C(=O)Nc3cccc(Oc4ccccc4)c3)CC2)nc(NCc2ccc(CNCCCNC3CCCCC3)cc2)n1. The van der Waals surface area contributed by atoms with Crippen molar-refractivity contribution in [2.75, 3.05) is 60.5 Å². The summed E-state index contributed by atoms with van der Waals surface area (Å²) in [6.45, 7) is 5.93. The van der Waals surface area contributed by atoms with E-state index in [0.29, 0.717) is 55.9 Å². The molecule has 4 aromatic rings. The summed E-state index contributed by atoms with van der Waals surface area (Å²) in [5.41, 5.74) is 9.27. The maximum Gasteiger partial charge on any atom is 0.321 e. The highest BCUT2D eigenvalue weighted by molar-refractivity contribution is 5.89. The molecule has 2 aliphatic rings. The largest absolute Gasteiger partial charge is 0.457 e. The van der Waals surface area contributed by atoms with Crippen molar-refractivity contribution in [2.24, 2.45) is 0 Å². The summed E-state index contributed by atoms with van der Waals surface area (Å²) in [4.78, 5) is 26.2. The zero-order chi connectivity index (χ0) is 33.7. The molecule has 49 heavy (non-hydrogen) atoms. The summed E-state index contributed by atoms with van der Waals surface area (Å²) in [6, 6.07) is 28.0. The zero-order valence-corrected chi connectivity index (χ0v) is 28.2. The van der Waals surface area contributed by atoms with Gasteiger partial charge in [0.15, 0.2) is 0 Å². The summed E-state index contributed by atoms with van der Waals surface area (Å²) >= 11 is 0. The molecule has 2 amide bonds. The van der Waals surface area contributed by atoms with Gasteiger partial charge in [-0.3, -0.25) is 0 Å². The van der Waals surface area contributed by atoms with E-state index in [1.807, 2.05) is 54.6 Å². The van der Waals surface area contributed by atoms with E-state index < -0.39 is 0 Å². The number of carbonyl (C=O) groups excluding carboxylic acids is 1. The molecule has 258 valence electrons. The number of nitrogen functional groups attached to an aromatic ring is 1. The zero-order valence-electron chi connectivity index (χ0n) is 28.2. The van der Waals surface area contributed by atoms with Gasteiger partial charge in [0.2, 0.25) is 5.95 Å². The van der Waals surface area contributed by atoms with Crippen molar-refractivity contribution in [1.82, 2.24) is 25.5 Å². The normalized spacial score (nSPS) is 15.2. The molecule has 1 aliphatic heterocycles. The molecule has 1 aliphatic carbocycles. The number of anilines is 4. The molecule has 0 unspecified atom stereocenters. The molecule has 0 bridgehead atoms. The fourth-order valence-electron chi connectivity index (χ4n) is 6.31. The predicted molar refractivity (Wildman–Crippen MR) is 197 cm³/mol. The van der Waals surface area contributed by atoms with E-state index in [4.69, 9.17) is 15.5 Å². The summed E-state index contributed by atoms with van der Waals surface area (Å²) in [6.07, 6.45) is 7.97. The van der Waals surface area contributed by atoms with Gasteiger partial charge in [-0.05, 0) is 67.7 Å². The Morgan fingerprint density at radius 3 is 2.31 bits per heavy atom. The van der Waals surface area contributed by atoms with Gasteiger partial charge in [-0.2, -0.15) is 9.97 Å². The van der Waals surface area contributed by atoms with Crippen molar-refractivity contribution in [1.29, 1.82) is 0 Å². The average Bonchev–Trinajstić information content (AvgIpc) is 3.13. The van der Waals surface area contributed by atoms with Crippen LogP contribution < -0.4 is 36.6 Å². The minimum absolute atomic E-state index is 0.148. The van der Waals surface area contributed by atoms with E-state index >= 15 is 0 Å². The Bertz CT molecular complexity index is 1610. The summed E-state index contributed by atoms with van der Waals surface area (Å²) in [7, 11) is 0. The van der Waals surface area contributed by atoms with Crippen LogP contribution in [0.15, 0.2) is 84.9 Å². The van der Waals surface area contributed by atoms with E-state index in [2.05, 4.69) is 55.4 Å². The van der Waals surface area contributed by atoms with Gasteiger partial charge in [-0.25, -0.2) is 4.79 Å². The van der Waals surface area contributed by atoms with Crippen LogP contribution in [0.4, 0.5) is 28.1 Å². The molecule has 6 rings (SSSR count). The van der Waals surface area contributed by atoms with Gasteiger partial charge in [-0.1, -0.05) is 67.8 Å². The molecule has 1 aromatic heterocycles. The molecule has 1 saturated heterocycles. The maximum absolute atomic E-state index is 13.1. The van der Waals surface area contributed by atoms with Gasteiger partial charge in [0.05, 0.1) is 0 Å². The topological polar surface area (TPSA) is 133 Å². The minimum Gasteiger partial charge on any atom is -0.457 e. The number of benzene rings is 3. The summed E-state index contributed by atoms with van der Waals surface area (Å²) in [5, 5.41) is 13.6. The van der Waals surface area contributed by atoms with Gasteiger partial charge < -0.3 is 41.5 Å². The molecule has 0 radical (unpaired) electrons. The third-order valence-electron chi connectivity index (χ3n) is 9.06. The minimum atomic E-state index is -0.148. The Balaban J connectivity index is 0.916. The number of piperazine rings is 1. The molecular formula is C38H49N9O2. The van der Waals surface area contributed by atoms with Crippen molar-refractivity contribution in [3.63, 3.8) is 0 Å².